The Balaban J connectivity index is 0.00000158. The molecule has 1 aromatic heterocycles. The van der Waals surface area contributed by atoms with Gasteiger partial charge in [-0.3, -0.25) is 0 Å². The lowest BCUT2D eigenvalue weighted by Gasteiger charge is -2.21. The van der Waals surface area contributed by atoms with Crippen LogP contribution in [-0.2, 0) is 0 Å². The third kappa shape index (κ3) is 5.50. The molecule has 0 spiro atoms. The van der Waals surface area contributed by atoms with Crippen LogP contribution in [0.4, 0.5) is 0 Å². The summed E-state index contributed by atoms with van der Waals surface area (Å²) in [5.41, 5.74) is 8.20. The quantitative estimate of drug-likeness (QED) is 0.264. The zero-order valence-electron chi connectivity index (χ0n) is 21.6. The van der Waals surface area contributed by atoms with Gasteiger partial charge in [-0.1, -0.05) is 105 Å². The molecular formula is C30H36BrN3. The van der Waals surface area contributed by atoms with E-state index in [4.69, 9.17) is 10.1 Å². The van der Waals surface area contributed by atoms with Crippen LogP contribution in [-0.4, -0.2) is 14.8 Å². The maximum absolute atomic E-state index is 5.12. The molecule has 0 saturated carbocycles. The Morgan fingerprint density at radius 3 is 1.76 bits per heavy atom. The first-order valence-corrected chi connectivity index (χ1v) is 13.0. The Morgan fingerprint density at radius 2 is 1.26 bits per heavy atom. The number of aryl methyl sites for hydroxylation is 2. The van der Waals surface area contributed by atoms with E-state index in [1.165, 1.54) is 22.3 Å². The van der Waals surface area contributed by atoms with Crippen LogP contribution in [0.15, 0.2) is 65.1 Å². The van der Waals surface area contributed by atoms with Gasteiger partial charge in [-0.2, -0.15) is 0 Å². The van der Waals surface area contributed by atoms with Crippen LogP contribution in [0.5, 0.6) is 0 Å². The van der Waals surface area contributed by atoms with E-state index < -0.39 is 0 Å². The highest BCUT2D eigenvalue weighted by Crippen LogP contribution is 2.37. The predicted molar refractivity (Wildman–Crippen MR) is 149 cm³/mol. The number of hydrogen-bond acceptors (Lipinski definition) is 2. The molecule has 3 nitrogen and oxygen atoms in total. The van der Waals surface area contributed by atoms with Crippen molar-refractivity contribution in [2.75, 3.05) is 0 Å². The Bertz CT molecular complexity index is 1200. The molecule has 0 aliphatic carbocycles. The summed E-state index contributed by atoms with van der Waals surface area (Å²) in [6, 6.07) is 21.3. The second kappa shape index (κ2) is 11.1. The third-order valence-corrected chi connectivity index (χ3v) is 6.17. The summed E-state index contributed by atoms with van der Waals surface area (Å²) >= 11 is 3.73. The van der Waals surface area contributed by atoms with Gasteiger partial charge in [-0.25, -0.2) is 9.67 Å². The average Bonchev–Trinajstić information content (AvgIpc) is 3.25. The van der Waals surface area contributed by atoms with Gasteiger partial charge in [0.1, 0.15) is 0 Å². The summed E-state index contributed by atoms with van der Waals surface area (Å²) in [4.78, 5) is 5.07. The van der Waals surface area contributed by atoms with E-state index in [0.717, 1.165) is 32.9 Å². The zero-order valence-corrected chi connectivity index (χ0v) is 23.2. The third-order valence-electron chi connectivity index (χ3n) is 5.71. The van der Waals surface area contributed by atoms with Gasteiger partial charge in [0.25, 0.3) is 0 Å². The molecule has 4 rings (SSSR count). The molecule has 1 heterocycles. The van der Waals surface area contributed by atoms with Crippen molar-refractivity contribution < 1.29 is 0 Å². The van der Waals surface area contributed by atoms with E-state index in [-0.39, 0.29) is 0 Å². The molecule has 0 saturated heterocycles. The van der Waals surface area contributed by atoms with Crippen LogP contribution in [0.1, 0.15) is 75.6 Å². The summed E-state index contributed by atoms with van der Waals surface area (Å²) in [7, 11) is 0. The van der Waals surface area contributed by atoms with E-state index in [1.807, 2.05) is 19.9 Å². The number of nitrogens with zero attached hydrogens (tertiary/aromatic N) is 3. The van der Waals surface area contributed by atoms with Crippen molar-refractivity contribution in [3.63, 3.8) is 0 Å². The second-order valence-electron chi connectivity index (χ2n) is 9.16. The van der Waals surface area contributed by atoms with Gasteiger partial charge in [0.2, 0.25) is 0 Å². The van der Waals surface area contributed by atoms with Gasteiger partial charge in [0.05, 0.1) is 5.69 Å². The maximum atomic E-state index is 5.12. The van der Waals surface area contributed by atoms with Crippen LogP contribution in [0, 0.1) is 13.8 Å². The minimum absolute atomic E-state index is 0.345. The topological polar surface area (TPSA) is 30.7 Å². The Morgan fingerprint density at radius 1 is 0.735 bits per heavy atom. The fraction of sp³-hybridized carbons (Fsp3) is 0.333. The van der Waals surface area contributed by atoms with Crippen LogP contribution < -0.4 is 0 Å². The number of hydrogen-bond donors (Lipinski definition) is 0. The highest BCUT2D eigenvalue weighted by atomic mass is 79.9. The minimum Gasteiger partial charge on any atom is -0.212 e. The smallest absolute Gasteiger partial charge is 0.182 e. The summed E-state index contributed by atoms with van der Waals surface area (Å²) in [5, 5.41) is 5.12. The first-order chi connectivity index (χ1) is 16.2. The number of halogens is 1. The molecule has 34 heavy (non-hydrogen) atoms. The molecule has 4 aromatic rings. The van der Waals surface area contributed by atoms with Gasteiger partial charge < -0.3 is 0 Å². The fourth-order valence-corrected chi connectivity index (χ4v) is 4.73. The highest BCUT2D eigenvalue weighted by molar-refractivity contribution is 9.10. The lowest BCUT2D eigenvalue weighted by molar-refractivity contribution is 0.773. The molecular weight excluding hydrogens is 482 g/mol. The first kappa shape index (κ1) is 25.9. The molecule has 0 aliphatic rings. The Kier molecular flexibility index (Phi) is 8.48. The number of aromatic nitrogens is 3. The number of rotatable bonds is 5. The predicted octanol–water partition coefficient (Wildman–Crippen LogP) is 9.25. The molecule has 0 fully saturated rings. The molecule has 0 N–H and O–H groups in total. The van der Waals surface area contributed by atoms with Gasteiger partial charge in [-0.15, -0.1) is 5.10 Å². The molecule has 3 aromatic carbocycles. The van der Waals surface area contributed by atoms with Gasteiger partial charge in [0.15, 0.2) is 11.6 Å². The monoisotopic (exact) mass is 517 g/mol. The lowest BCUT2D eigenvalue weighted by Crippen LogP contribution is -2.10. The molecule has 0 atom stereocenters. The zero-order chi connectivity index (χ0) is 25.0. The van der Waals surface area contributed by atoms with Crippen molar-refractivity contribution in [3.8, 4) is 28.5 Å². The van der Waals surface area contributed by atoms with Gasteiger partial charge in [0, 0.05) is 15.6 Å². The molecule has 0 unspecified atom stereocenters. The maximum Gasteiger partial charge on any atom is 0.182 e. The van der Waals surface area contributed by atoms with Crippen molar-refractivity contribution in [2.24, 2.45) is 0 Å². The van der Waals surface area contributed by atoms with E-state index in [1.54, 1.807) is 0 Å². The van der Waals surface area contributed by atoms with Crippen LogP contribution in [0.25, 0.3) is 28.5 Å². The van der Waals surface area contributed by atoms with E-state index in [9.17, 15) is 0 Å². The molecule has 178 valence electrons. The average molecular weight is 519 g/mol. The van der Waals surface area contributed by atoms with Gasteiger partial charge >= 0.3 is 0 Å². The second-order valence-corrected chi connectivity index (χ2v) is 10.1. The van der Waals surface area contributed by atoms with E-state index in [0.29, 0.717) is 11.8 Å². The summed E-state index contributed by atoms with van der Waals surface area (Å²) in [6.07, 6.45) is 0. The van der Waals surface area contributed by atoms with Crippen molar-refractivity contribution in [2.45, 2.75) is 67.2 Å². The lowest BCUT2D eigenvalue weighted by atomic mass is 9.92. The van der Waals surface area contributed by atoms with E-state index >= 15 is 0 Å². The summed E-state index contributed by atoms with van der Waals surface area (Å²) < 4.78 is 3.17. The molecule has 4 heteroatoms. The molecule has 0 amide bonds. The van der Waals surface area contributed by atoms with Crippen LogP contribution >= 0.6 is 15.9 Å². The standard InChI is InChI=1S/C28H30BrN3.C2H6/c1-17(2)24-15-23(29)16-25(18(3)4)26(24)32-28(21-10-8-7-9-11-21)30-27(31-32)22-13-19(5)12-20(6)14-22;1-2/h7-18H,1-6H3;1-2H3. The minimum atomic E-state index is 0.345. The summed E-state index contributed by atoms with van der Waals surface area (Å²) in [6.45, 7) is 17.2. The van der Waals surface area contributed by atoms with Crippen molar-refractivity contribution in [1.82, 2.24) is 14.8 Å². The normalized spacial score (nSPS) is 11.0. The molecule has 0 aliphatic heterocycles. The van der Waals surface area contributed by atoms with Crippen molar-refractivity contribution >= 4 is 15.9 Å². The fourth-order valence-electron chi connectivity index (χ4n) is 4.24. The van der Waals surface area contributed by atoms with Crippen molar-refractivity contribution in [3.05, 3.63) is 87.4 Å². The molecule has 0 radical (unpaired) electrons. The molecule has 0 bridgehead atoms. The first-order valence-electron chi connectivity index (χ1n) is 12.2. The largest absolute Gasteiger partial charge is 0.212 e. The number of benzene rings is 3. The van der Waals surface area contributed by atoms with Crippen LogP contribution in [0.3, 0.4) is 0 Å². The SMILES string of the molecule is CC.Cc1cc(C)cc(-c2nc(-c3ccccc3)n(-c3c(C(C)C)cc(Br)cc3C(C)C)n2)c1. The van der Waals surface area contributed by atoms with E-state index in [2.05, 4.69) is 117 Å². The summed E-state index contributed by atoms with van der Waals surface area (Å²) in [5.74, 6) is 2.31. The highest BCUT2D eigenvalue weighted by Gasteiger charge is 2.23. The Hall–Kier alpha value is -2.72. The van der Waals surface area contributed by atoms with Crippen molar-refractivity contribution in [1.29, 1.82) is 0 Å². The Labute approximate surface area is 213 Å². The van der Waals surface area contributed by atoms with Crippen LogP contribution in [0.2, 0.25) is 0 Å². The van der Waals surface area contributed by atoms with Gasteiger partial charge in [-0.05, 0) is 61.1 Å².